The monoisotopic (exact) mass is 281 g/mol. The van der Waals surface area contributed by atoms with Gasteiger partial charge in [-0.1, -0.05) is 0 Å². The third kappa shape index (κ3) is 1.64. The highest BCUT2D eigenvalue weighted by atomic mass is 79.9. The van der Waals surface area contributed by atoms with Gasteiger partial charge in [0.2, 0.25) is 0 Å². The summed E-state index contributed by atoms with van der Waals surface area (Å²) >= 11 is 3.57. The van der Waals surface area contributed by atoms with Gasteiger partial charge in [0, 0.05) is 19.3 Å². The van der Waals surface area contributed by atoms with Crippen LogP contribution in [0.25, 0.3) is 0 Å². The van der Waals surface area contributed by atoms with Gasteiger partial charge in [-0.15, -0.1) is 0 Å². The van der Waals surface area contributed by atoms with Crippen LogP contribution in [0.2, 0.25) is 0 Å². The van der Waals surface area contributed by atoms with Crippen LogP contribution in [0, 0.1) is 12.8 Å². The molecule has 1 aliphatic carbocycles. The third-order valence-corrected chi connectivity index (χ3v) is 4.20. The van der Waals surface area contributed by atoms with Crippen molar-refractivity contribution in [3.05, 3.63) is 22.3 Å². The van der Waals surface area contributed by atoms with Crippen LogP contribution in [0.1, 0.15) is 18.4 Å². The summed E-state index contributed by atoms with van der Waals surface area (Å²) in [7, 11) is 0. The predicted octanol–water partition coefficient (Wildman–Crippen LogP) is 2.08. The van der Waals surface area contributed by atoms with Crippen molar-refractivity contribution in [2.45, 2.75) is 25.3 Å². The minimum atomic E-state index is 0.0615. The lowest BCUT2D eigenvalue weighted by atomic mass is 9.86. The SMILES string of the molecule is Cc1cnc(N2CC(N)(C3CC3)C2)c(Br)c1. The van der Waals surface area contributed by atoms with Gasteiger partial charge in [-0.2, -0.15) is 0 Å². The molecule has 0 bridgehead atoms. The molecule has 1 aromatic heterocycles. The molecule has 3 nitrogen and oxygen atoms in total. The van der Waals surface area contributed by atoms with Crippen LogP contribution >= 0.6 is 15.9 Å². The Kier molecular flexibility index (Phi) is 2.27. The number of anilines is 1. The first-order valence-electron chi connectivity index (χ1n) is 5.74. The number of hydrogen-bond acceptors (Lipinski definition) is 3. The first-order valence-corrected chi connectivity index (χ1v) is 6.54. The molecule has 4 heteroatoms. The zero-order valence-corrected chi connectivity index (χ0v) is 11.0. The van der Waals surface area contributed by atoms with Crippen LogP contribution in [-0.2, 0) is 0 Å². The molecule has 1 saturated heterocycles. The zero-order valence-electron chi connectivity index (χ0n) is 9.41. The fourth-order valence-corrected chi connectivity index (χ4v) is 3.20. The number of nitrogens with zero attached hydrogens (tertiary/aromatic N) is 2. The summed E-state index contributed by atoms with van der Waals surface area (Å²) in [5.74, 6) is 1.79. The van der Waals surface area contributed by atoms with Gasteiger partial charge in [0.25, 0.3) is 0 Å². The van der Waals surface area contributed by atoms with Gasteiger partial charge in [-0.05, 0) is 53.2 Å². The van der Waals surface area contributed by atoms with Crippen molar-refractivity contribution in [3.63, 3.8) is 0 Å². The number of aryl methyl sites for hydroxylation is 1. The third-order valence-electron chi connectivity index (χ3n) is 3.62. The number of pyridine rings is 1. The number of hydrogen-bond donors (Lipinski definition) is 1. The second-order valence-electron chi connectivity index (χ2n) is 5.18. The minimum absolute atomic E-state index is 0.0615. The van der Waals surface area contributed by atoms with Gasteiger partial charge in [-0.3, -0.25) is 0 Å². The molecule has 0 spiro atoms. The highest BCUT2D eigenvalue weighted by Crippen LogP contribution is 2.44. The van der Waals surface area contributed by atoms with E-state index >= 15 is 0 Å². The summed E-state index contributed by atoms with van der Waals surface area (Å²) in [6.45, 7) is 3.95. The maximum Gasteiger partial charge on any atom is 0.143 e. The molecule has 1 aliphatic heterocycles. The molecular weight excluding hydrogens is 266 g/mol. The average Bonchev–Trinajstić information content (AvgIpc) is 2.97. The number of halogens is 1. The summed E-state index contributed by atoms with van der Waals surface area (Å²) in [6.07, 6.45) is 4.54. The van der Waals surface area contributed by atoms with Gasteiger partial charge in [-0.25, -0.2) is 4.98 Å². The molecule has 2 heterocycles. The Morgan fingerprint density at radius 3 is 2.75 bits per heavy atom. The Bertz CT molecular complexity index is 422. The molecule has 2 fully saturated rings. The fraction of sp³-hybridized carbons (Fsp3) is 0.583. The van der Waals surface area contributed by atoms with Gasteiger partial charge in [0.05, 0.1) is 10.0 Å². The Balaban J connectivity index is 1.75. The zero-order chi connectivity index (χ0) is 11.3. The van der Waals surface area contributed by atoms with Crippen LogP contribution in [0.4, 0.5) is 5.82 Å². The summed E-state index contributed by atoms with van der Waals surface area (Å²) in [6, 6.07) is 2.11. The van der Waals surface area contributed by atoms with E-state index in [1.807, 2.05) is 6.20 Å². The van der Waals surface area contributed by atoms with E-state index in [0.29, 0.717) is 0 Å². The molecular formula is C12H16BrN3. The highest BCUT2D eigenvalue weighted by molar-refractivity contribution is 9.10. The molecule has 86 valence electrons. The summed E-state index contributed by atoms with van der Waals surface area (Å²) in [5.41, 5.74) is 7.57. The molecule has 0 radical (unpaired) electrons. The van der Waals surface area contributed by atoms with Gasteiger partial charge >= 0.3 is 0 Å². The summed E-state index contributed by atoms with van der Waals surface area (Å²) in [4.78, 5) is 6.73. The molecule has 0 unspecified atom stereocenters. The van der Waals surface area contributed by atoms with Crippen molar-refractivity contribution in [3.8, 4) is 0 Å². The molecule has 1 aromatic rings. The van der Waals surface area contributed by atoms with Crippen LogP contribution in [0.3, 0.4) is 0 Å². The standard InChI is InChI=1S/C12H16BrN3/c1-8-4-10(13)11(15-5-8)16-6-12(14,7-16)9-2-3-9/h4-5,9H,2-3,6-7,14H2,1H3. The van der Waals surface area contributed by atoms with E-state index < -0.39 is 0 Å². The smallest absolute Gasteiger partial charge is 0.143 e. The Morgan fingerprint density at radius 2 is 2.19 bits per heavy atom. The molecule has 0 aromatic carbocycles. The Labute approximate surface area is 104 Å². The van der Waals surface area contributed by atoms with Crippen molar-refractivity contribution in [2.75, 3.05) is 18.0 Å². The van der Waals surface area contributed by atoms with Crippen molar-refractivity contribution < 1.29 is 0 Å². The largest absolute Gasteiger partial charge is 0.352 e. The minimum Gasteiger partial charge on any atom is -0.352 e. The van der Waals surface area contributed by atoms with Gasteiger partial charge in [0.15, 0.2) is 0 Å². The van der Waals surface area contributed by atoms with Crippen LogP contribution in [0.15, 0.2) is 16.7 Å². The second kappa shape index (κ2) is 3.44. The molecule has 16 heavy (non-hydrogen) atoms. The van der Waals surface area contributed by atoms with Crippen LogP contribution < -0.4 is 10.6 Å². The van der Waals surface area contributed by atoms with Gasteiger partial charge in [0.1, 0.15) is 5.82 Å². The predicted molar refractivity (Wildman–Crippen MR) is 68.5 cm³/mol. The first-order chi connectivity index (χ1) is 7.58. The molecule has 2 aliphatic rings. The number of aromatic nitrogens is 1. The van der Waals surface area contributed by atoms with Crippen molar-refractivity contribution >= 4 is 21.7 Å². The van der Waals surface area contributed by atoms with E-state index in [9.17, 15) is 0 Å². The summed E-state index contributed by atoms with van der Waals surface area (Å²) < 4.78 is 1.07. The maximum absolute atomic E-state index is 6.33. The summed E-state index contributed by atoms with van der Waals surface area (Å²) in [5, 5.41) is 0. The average molecular weight is 282 g/mol. The quantitative estimate of drug-likeness (QED) is 0.903. The van der Waals surface area contributed by atoms with E-state index in [0.717, 1.165) is 29.3 Å². The highest BCUT2D eigenvalue weighted by Gasteiger charge is 2.50. The van der Waals surface area contributed by atoms with Crippen molar-refractivity contribution in [2.24, 2.45) is 11.7 Å². The lowest BCUT2D eigenvalue weighted by Crippen LogP contribution is -2.69. The topological polar surface area (TPSA) is 42.2 Å². The molecule has 3 rings (SSSR count). The van der Waals surface area contributed by atoms with E-state index in [-0.39, 0.29) is 5.54 Å². The number of nitrogens with two attached hydrogens (primary N) is 1. The molecule has 2 N–H and O–H groups in total. The molecule has 0 atom stereocenters. The Hall–Kier alpha value is -0.610. The lowest BCUT2D eigenvalue weighted by molar-refractivity contribution is 0.289. The Morgan fingerprint density at radius 1 is 1.50 bits per heavy atom. The van der Waals surface area contributed by atoms with E-state index in [1.54, 1.807) is 0 Å². The fourth-order valence-electron chi connectivity index (χ4n) is 2.49. The van der Waals surface area contributed by atoms with Crippen LogP contribution in [0.5, 0.6) is 0 Å². The second-order valence-corrected chi connectivity index (χ2v) is 6.04. The first kappa shape index (κ1) is 10.5. The van der Waals surface area contributed by atoms with Crippen molar-refractivity contribution in [1.82, 2.24) is 4.98 Å². The number of rotatable bonds is 2. The van der Waals surface area contributed by atoms with E-state index in [4.69, 9.17) is 5.73 Å². The molecule has 0 amide bonds. The molecule has 1 saturated carbocycles. The lowest BCUT2D eigenvalue weighted by Gasteiger charge is -2.49. The van der Waals surface area contributed by atoms with E-state index in [2.05, 4.69) is 38.8 Å². The van der Waals surface area contributed by atoms with Crippen LogP contribution in [-0.4, -0.2) is 23.6 Å². The maximum atomic E-state index is 6.33. The van der Waals surface area contributed by atoms with Gasteiger partial charge < -0.3 is 10.6 Å². The normalized spacial score (nSPS) is 23.1. The van der Waals surface area contributed by atoms with E-state index in [1.165, 1.54) is 18.4 Å². The van der Waals surface area contributed by atoms with Crippen molar-refractivity contribution in [1.29, 1.82) is 0 Å².